The number of para-hydroxylation sites is 1. The molecule has 0 radical (unpaired) electrons. The molecule has 34 heavy (non-hydrogen) atoms. The van der Waals surface area contributed by atoms with Crippen molar-refractivity contribution in [2.75, 3.05) is 18.5 Å². The molecule has 2 aliphatic heterocycles. The molecular formula is C24H21N3O7. The van der Waals surface area contributed by atoms with Crippen LogP contribution in [0.2, 0.25) is 0 Å². The molecule has 2 N–H and O–H groups in total. The fourth-order valence-electron chi connectivity index (χ4n) is 4.41. The lowest BCUT2D eigenvalue weighted by Gasteiger charge is -2.33. The number of nitrogens with one attached hydrogen (secondary N) is 2. The van der Waals surface area contributed by atoms with Crippen LogP contribution in [-0.4, -0.2) is 36.1 Å². The van der Waals surface area contributed by atoms with Crippen molar-refractivity contribution in [3.8, 4) is 5.75 Å². The van der Waals surface area contributed by atoms with Crippen LogP contribution in [0.25, 0.3) is 11.0 Å². The number of benzene rings is 2. The summed E-state index contributed by atoms with van der Waals surface area (Å²) in [4.78, 5) is 51.5. The topological polar surface area (TPSA) is 127 Å². The summed E-state index contributed by atoms with van der Waals surface area (Å²) in [6.45, 7) is 2.06. The standard InChI is InChI=1S/C24H21N3O7/c1-2-32-23(31)25-15-7-8-16-14(11-20(28)34-19(16)12-15)13-27-21(29)24(26-22(27)30)9-10-33-18-6-4-3-5-17(18)24/h3-8,11-12H,2,9-10,13H2,1H3,(H,25,31)(H,26,30). The van der Waals surface area contributed by atoms with Crippen molar-refractivity contribution in [3.05, 3.63) is 70.1 Å². The Morgan fingerprint density at radius 3 is 2.82 bits per heavy atom. The highest BCUT2D eigenvalue weighted by Crippen LogP contribution is 2.41. The summed E-state index contributed by atoms with van der Waals surface area (Å²) in [6, 6.07) is 12.6. The molecule has 1 aromatic heterocycles. The monoisotopic (exact) mass is 463 g/mol. The predicted octanol–water partition coefficient (Wildman–Crippen LogP) is 3.09. The van der Waals surface area contributed by atoms with Crippen molar-refractivity contribution in [1.82, 2.24) is 10.2 Å². The first-order valence-electron chi connectivity index (χ1n) is 10.8. The van der Waals surface area contributed by atoms with Gasteiger partial charge in [0.15, 0.2) is 5.54 Å². The molecular weight excluding hydrogens is 442 g/mol. The average molecular weight is 463 g/mol. The zero-order valence-electron chi connectivity index (χ0n) is 18.3. The minimum absolute atomic E-state index is 0.123. The normalized spacial score (nSPS) is 19.0. The maximum Gasteiger partial charge on any atom is 0.411 e. The summed E-state index contributed by atoms with van der Waals surface area (Å²) >= 11 is 0. The number of nitrogens with zero attached hydrogens (tertiary/aromatic N) is 1. The summed E-state index contributed by atoms with van der Waals surface area (Å²) < 4.78 is 15.8. The molecule has 1 unspecified atom stereocenters. The van der Waals surface area contributed by atoms with Crippen LogP contribution in [0.1, 0.15) is 24.5 Å². The van der Waals surface area contributed by atoms with E-state index < -0.39 is 29.2 Å². The van der Waals surface area contributed by atoms with Crippen LogP contribution < -0.4 is 21.0 Å². The Hall–Kier alpha value is -4.34. The summed E-state index contributed by atoms with van der Waals surface area (Å²) in [7, 11) is 0. The second-order valence-corrected chi connectivity index (χ2v) is 7.97. The Kier molecular flexibility index (Phi) is 5.20. The fraction of sp³-hybridized carbons (Fsp3) is 0.250. The minimum Gasteiger partial charge on any atom is -0.493 e. The largest absolute Gasteiger partial charge is 0.493 e. The van der Waals surface area contributed by atoms with Crippen molar-refractivity contribution < 1.29 is 28.3 Å². The summed E-state index contributed by atoms with van der Waals surface area (Å²) in [5, 5.41) is 5.92. The molecule has 1 fully saturated rings. The number of fused-ring (bicyclic) bond motifs is 3. The smallest absolute Gasteiger partial charge is 0.411 e. The average Bonchev–Trinajstić information content (AvgIpc) is 3.04. The van der Waals surface area contributed by atoms with Crippen LogP contribution in [0, 0.1) is 0 Å². The van der Waals surface area contributed by atoms with Gasteiger partial charge in [-0.05, 0) is 30.7 Å². The molecule has 3 aromatic rings. The van der Waals surface area contributed by atoms with Crippen molar-refractivity contribution >= 4 is 34.7 Å². The van der Waals surface area contributed by atoms with E-state index in [1.807, 2.05) is 0 Å². The summed E-state index contributed by atoms with van der Waals surface area (Å²) in [5.41, 5.74) is -0.232. The van der Waals surface area contributed by atoms with Gasteiger partial charge in [0.25, 0.3) is 5.91 Å². The van der Waals surface area contributed by atoms with E-state index in [0.717, 1.165) is 4.90 Å². The lowest BCUT2D eigenvalue weighted by molar-refractivity contribution is -0.133. The molecule has 3 heterocycles. The van der Waals surface area contributed by atoms with Gasteiger partial charge in [-0.15, -0.1) is 0 Å². The summed E-state index contributed by atoms with van der Waals surface area (Å²) in [6.07, 6.45) is -0.340. The quantitative estimate of drug-likeness (QED) is 0.450. The lowest BCUT2D eigenvalue weighted by atomic mass is 9.84. The second-order valence-electron chi connectivity index (χ2n) is 7.97. The molecule has 0 aliphatic carbocycles. The first kappa shape index (κ1) is 21.5. The Morgan fingerprint density at radius 1 is 1.18 bits per heavy atom. The number of amides is 4. The second kappa shape index (κ2) is 8.22. The molecule has 2 aromatic carbocycles. The highest BCUT2D eigenvalue weighted by Gasteiger charge is 2.54. The Morgan fingerprint density at radius 2 is 2.00 bits per heavy atom. The van der Waals surface area contributed by atoms with Crippen LogP contribution in [0.3, 0.4) is 0 Å². The molecule has 174 valence electrons. The van der Waals surface area contributed by atoms with Gasteiger partial charge in [-0.25, -0.2) is 14.4 Å². The van der Waals surface area contributed by atoms with E-state index in [1.54, 1.807) is 43.3 Å². The van der Waals surface area contributed by atoms with Crippen molar-refractivity contribution in [2.45, 2.75) is 25.4 Å². The lowest BCUT2D eigenvalue weighted by Crippen LogP contribution is -2.47. The first-order chi connectivity index (χ1) is 16.4. The van der Waals surface area contributed by atoms with Gasteiger partial charge in [-0.2, -0.15) is 0 Å². The Balaban J connectivity index is 1.48. The fourth-order valence-corrected chi connectivity index (χ4v) is 4.41. The molecule has 10 heteroatoms. The number of urea groups is 1. The maximum absolute atomic E-state index is 13.5. The number of hydrogen-bond acceptors (Lipinski definition) is 7. The summed E-state index contributed by atoms with van der Waals surface area (Å²) in [5.74, 6) is 0.145. The molecule has 1 atom stereocenters. The van der Waals surface area contributed by atoms with Crippen molar-refractivity contribution in [1.29, 1.82) is 0 Å². The van der Waals surface area contributed by atoms with E-state index in [0.29, 0.717) is 34.4 Å². The SMILES string of the molecule is CCOC(=O)Nc1ccc2c(CN3C(=O)NC4(CCOc5ccccc54)C3=O)cc(=O)oc2c1. The predicted molar refractivity (Wildman–Crippen MR) is 120 cm³/mol. The molecule has 4 amide bonds. The third-order valence-corrected chi connectivity index (χ3v) is 5.94. The van der Waals surface area contributed by atoms with E-state index in [9.17, 15) is 19.2 Å². The van der Waals surface area contributed by atoms with Gasteiger partial charge in [0, 0.05) is 35.2 Å². The molecule has 2 aliphatic rings. The number of hydrogen-bond donors (Lipinski definition) is 2. The molecule has 10 nitrogen and oxygen atoms in total. The molecule has 5 rings (SSSR count). The Bertz CT molecular complexity index is 1380. The van der Waals surface area contributed by atoms with Gasteiger partial charge in [0.1, 0.15) is 11.3 Å². The van der Waals surface area contributed by atoms with E-state index >= 15 is 0 Å². The van der Waals surface area contributed by atoms with Gasteiger partial charge >= 0.3 is 17.7 Å². The third-order valence-electron chi connectivity index (χ3n) is 5.94. The maximum atomic E-state index is 13.5. The van der Waals surface area contributed by atoms with Crippen molar-refractivity contribution in [2.24, 2.45) is 0 Å². The van der Waals surface area contributed by atoms with Crippen LogP contribution in [0.4, 0.5) is 15.3 Å². The molecule has 0 bridgehead atoms. The van der Waals surface area contributed by atoms with Gasteiger partial charge in [0.05, 0.1) is 19.8 Å². The van der Waals surface area contributed by atoms with Gasteiger partial charge in [-0.1, -0.05) is 18.2 Å². The molecule has 1 saturated heterocycles. The zero-order valence-corrected chi connectivity index (χ0v) is 18.3. The Labute approximate surface area is 193 Å². The van der Waals surface area contributed by atoms with Crippen LogP contribution in [-0.2, 0) is 21.6 Å². The first-order valence-corrected chi connectivity index (χ1v) is 10.8. The highest BCUT2D eigenvalue weighted by molar-refractivity contribution is 6.08. The molecule has 0 saturated carbocycles. The number of carbonyl (C=O) groups excluding carboxylic acids is 3. The number of rotatable bonds is 4. The van der Waals surface area contributed by atoms with Crippen LogP contribution in [0.15, 0.2) is 57.7 Å². The van der Waals surface area contributed by atoms with Gasteiger partial charge in [-0.3, -0.25) is 15.0 Å². The van der Waals surface area contributed by atoms with E-state index in [-0.39, 0.29) is 25.3 Å². The van der Waals surface area contributed by atoms with E-state index in [1.165, 1.54) is 12.1 Å². The third kappa shape index (κ3) is 3.53. The van der Waals surface area contributed by atoms with Crippen LogP contribution in [0.5, 0.6) is 5.75 Å². The number of imide groups is 1. The minimum atomic E-state index is -1.21. The molecule has 1 spiro atoms. The van der Waals surface area contributed by atoms with Gasteiger partial charge in [0.2, 0.25) is 0 Å². The highest BCUT2D eigenvalue weighted by atomic mass is 16.5. The zero-order chi connectivity index (χ0) is 23.9. The number of carbonyl (C=O) groups is 3. The number of ether oxygens (including phenoxy) is 2. The number of anilines is 1. The van der Waals surface area contributed by atoms with Crippen molar-refractivity contribution in [3.63, 3.8) is 0 Å². The van der Waals surface area contributed by atoms with E-state index in [4.69, 9.17) is 13.9 Å². The van der Waals surface area contributed by atoms with E-state index in [2.05, 4.69) is 10.6 Å². The van der Waals surface area contributed by atoms with Gasteiger partial charge < -0.3 is 19.2 Å². The van der Waals surface area contributed by atoms with Crippen LogP contribution >= 0.6 is 0 Å².